The number of phenols is 1. The van der Waals surface area contributed by atoms with Crippen LogP contribution in [0.25, 0.3) is 0 Å². The lowest BCUT2D eigenvalue weighted by Crippen LogP contribution is -2.19. The van der Waals surface area contributed by atoms with E-state index in [-0.39, 0.29) is 18.1 Å². The molecule has 0 atom stereocenters. The molecule has 0 saturated carbocycles. The van der Waals surface area contributed by atoms with E-state index in [0.717, 1.165) is 14.7 Å². The van der Waals surface area contributed by atoms with Crippen LogP contribution in [-0.2, 0) is 11.2 Å². The minimum atomic E-state index is -0.224. The molecule has 4 nitrogen and oxygen atoms in total. The third kappa shape index (κ3) is 4.34. The number of carbonyl (C=O) groups excluding carboxylic acids is 1. The van der Waals surface area contributed by atoms with Crippen molar-refractivity contribution in [2.75, 3.05) is 0 Å². The van der Waals surface area contributed by atoms with Crippen LogP contribution < -0.4 is 5.43 Å². The summed E-state index contributed by atoms with van der Waals surface area (Å²) in [5.74, 6) is -0.0737. The zero-order chi connectivity index (χ0) is 14.4. The molecule has 20 heavy (non-hydrogen) atoms. The van der Waals surface area contributed by atoms with Gasteiger partial charge in [-0.05, 0) is 46.4 Å². The largest absolute Gasteiger partial charge is 0.508 e. The highest BCUT2D eigenvalue weighted by atomic mass is 127. The Labute approximate surface area is 130 Å². The molecular formula is C15H13IN2O2. The van der Waals surface area contributed by atoms with Gasteiger partial charge in [0.2, 0.25) is 5.91 Å². The average Bonchev–Trinajstić information content (AvgIpc) is 2.41. The van der Waals surface area contributed by atoms with E-state index < -0.39 is 0 Å². The van der Waals surface area contributed by atoms with Crippen LogP contribution in [0.2, 0.25) is 0 Å². The van der Waals surface area contributed by atoms with Gasteiger partial charge in [-0.3, -0.25) is 4.79 Å². The molecule has 2 N–H and O–H groups in total. The summed E-state index contributed by atoms with van der Waals surface area (Å²) >= 11 is 2.21. The van der Waals surface area contributed by atoms with Crippen LogP contribution in [0.15, 0.2) is 53.6 Å². The Morgan fingerprint density at radius 2 is 2.05 bits per heavy atom. The Hall–Kier alpha value is -1.89. The van der Waals surface area contributed by atoms with Gasteiger partial charge < -0.3 is 5.11 Å². The number of nitrogens with zero attached hydrogens (tertiary/aromatic N) is 1. The van der Waals surface area contributed by atoms with Crippen LogP contribution in [0.4, 0.5) is 0 Å². The van der Waals surface area contributed by atoms with Crippen LogP contribution in [0.5, 0.6) is 5.75 Å². The van der Waals surface area contributed by atoms with E-state index in [1.807, 2.05) is 24.3 Å². The molecule has 1 amide bonds. The van der Waals surface area contributed by atoms with Gasteiger partial charge in [0.1, 0.15) is 5.75 Å². The molecule has 0 saturated heterocycles. The minimum absolute atomic E-state index is 0.151. The number of rotatable bonds is 4. The second-order valence-electron chi connectivity index (χ2n) is 4.16. The van der Waals surface area contributed by atoms with E-state index in [1.165, 1.54) is 0 Å². The Morgan fingerprint density at radius 1 is 1.25 bits per heavy atom. The van der Waals surface area contributed by atoms with Crippen molar-refractivity contribution in [3.05, 3.63) is 63.2 Å². The zero-order valence-corrected chi connectivity index (χ0v) is 12.7. The standard InChI is InChI=1S/C15H13IN2O2/c16-14-7-2-1-5-12(14)10-17-18-15(20)9-11-4-3-6-13(19)8-11/h1-8,10,19H,9H2,(H,18,20). The van der Waals surface area contributed by atoms with Gasteiger partial charge in [-0.15, -0.1) is 0 Å². The van der Waals surface area contributed by atoms with E-state index in [9.17, 15) is 9.90 Å². The van der Waals surface area contributed by atoms with Crippen LogP contribution in [0, 0.1) is 3.57 Å². The van der Waals surface area contributed by atoms with Gasteiger partial charge in [-0.2, -0.15) is 5.10 Å². The first-order valence-electron chi connectivity index (χ1n) is 5.99. The van der Waals surface area contributed by atoms with E-state index in [4.69, 9.17) is 0 Å². The predicted molar refractivity (Wildman–Crippen MR) is 86.7 cm³/mol. The fourth-order valence-corrected chi connectivity index (χ4v) is 2.17. The molecular weight excluding hydrogens is 367 g/mol. The molecule has 0 bridgehead atoms. The molecule has 2 aromatic carbocycles. The Kier molecular flexibility index (Phi) is 5.11. The maximum atomic E-state index is 11.7. The molecule has 0 aliphatic rings. The monoisotopic (exact) mass is 380 g/mol. The van der Waals surface area contributed by atoms with Crippen LogP contribution in [0.1, 0.15) is 11.1 Å². The van der Waals surface area contributed by atoms with Crippen molar-refractivity contribution < 1.29 is 9.90 Å². The zero-order valence-electron chi connectivity index (χ0n) is 10.6. The van der Waals surface area contributed by atoms with Crippen molar-refractivity contribution in [3.63, 3.8) is 0 Å². The minimum Gasteiger partial charge on any atom is -0.508 e. The fourth-order valence-electron chi connectivity index (χ4n) is 1.64. The molecule has 0 radical (unpaired) electrons. The Morgan fingerprint density at radius 3 is 2.80 bits per heavy atom. The SMILES string of the molecule is O=C(Cc1cccc(O)c1)NN=Cc1ccccc1I. The first-order chi connectivity index (χ1) is 9.65. The van der Waals surface area contributed by atoms with Gasteiger partial charge in [0.15, 0.2) is 0 Å². The maximum Gasteiger partial charge on any atom is 0.244 e. The summed E-state index contributed by atoms with van der Waals surface area (Å²) < 4.78 is 1.07. The molecule has 2 aromatic rings. The summed E-state index contributed by atoms with van der Waals surface area (Å²) in [6.45, 7) is 0. The fraction of sp³-hybridized carbons (Fsp3) is 0.0667. The number of phenolic OH excluding ortho intramolecular Hbond substituents is 1. The molecule has 5 heteroatoms. The molecule has 0 unspecified atom stereocenters. The molecule has 0 fully saturated rings. The Balaban J connectivity index is 1.91. The van der Waals surface area contributed by atoms with Gasteiger partial charge in [0.25, 0.3) is 0 Å². The lowest BCUT2D eigenvalue weighted by atomic mass is 10.1. The number of amides is 1. The van der Waals surface area contributed by atoms with Crippen LogP contribution in [-0.4, -0.2) is 17.2 Å². The van der Waals surface area contributed by atoms with Crippen molar-refractivity contribution in [1.82, 2.24) is 5.43 Å². The van der Waals surface area contributed by atoms with Gasteiger partial charge in [-0.25, -0.2) is 5.43 Å². The molecule has 0 aliphatic heterocycles. The molecule has 102 valence electrons. The summed E-state index contributed by atoms with van der Waals surface area (Å²) in [5.41, 5.74) is 4.16. The summed E-state index contributed by atoms with van der Waals surface area (Å²) in [7, 11) is 0. The summed E-state index contributed by atoms with van der Waals surface area (Å²) in [5, 5.41) is 13.2. The number of hydrazone groups is 1. The van der Waals surface area contributed by atoms with Gasteiger partial charge in [0.05, 0.1) is 12.6 Å². The highest BCUT2D eigenvalue weighted by molar-refractivity contribution is 14.1. The molecule has 0 aromatic heterocycles. The number of aromatic hydroxyl groups is 1. The smallest absolute Gasteiger partial charge is 0.244 e. The van der Waals surface area contributed by atoms with E-state index >= 15 is 0 Å². The summed E-state index contributed by atoms with van der Waals surface area (Å²) in [4.78, 5) is 11.7. The Bertz CT molecular complexity index is 641. The molecule has 0 heterocycles. The third-order valence-electron chi connectivity index (χ3n) is 2.57. The number of benzene rings is 2. The first kappa shape index (κ1) is 14.5. The maximum absolute atomic E-state index is 11.7. The van der Waals surface area contributed by atoms with Crippen molar-refractivity contribution in [3.8, 4) is 5.75 Å². The predicted octanol–water partition coefficient (Wildman–Crippen LogP) is 2.69. The number of carbonyl (C=O) groups is 1. The first-order valence-corrected chi connectivity index (χ1v) is 7.07. The van der Waals surface area contributed by atoms with Crippen LogP contribution in [0.3, 0.4) is 0 Å². The average molecular weight is 380 g/mol. The van der Waals surface area contributed by atoms with Gasteiger partial charge in [0, 0.05) is 9.13 Å². The van der Waals surface area contributed by atoms with E-state index in [0.29, 0.717) is 0 Å². The lowest BCUT2D eigenvalue weighted by Gasteiger charge is -2.01. The highest BCUT2D eigenvalue weighted by Crippen LogP contribution is 2.11. The molecule has 0 aliphatic carbocycles. The normalized spacial score (nSPS) is 10.7. The molecule has 0 spiro atoms. The molecule has 2 rings (SSSR count). The lowest BCUT2D eigenvalue weighted by molar-refractivity contribution is -0.120. The van der Waals surface area contributed by atoms with Gasteiger partial charge >= 0.3 is 0 Å². The third-order valence-corrected chi connectivity index (χ3v) is 3.56. The number of hydrogen-bond donors (Lipinski definition) is 2. The van der Waals surface area contributed by atoms with Crippen molar-refractivity contribution in [1.29, 1.82) is 0 Å². The summed E-state index contributed by atoms with van der Waals surface area (Å²) in [6.07, 6.45) is 1.79. The highest BCUT2D eigenvalue weighted by Gasteiger charge is 2.02. The number of hydrogen-bond acceptors (Lipinski definition) is 3. The topological polar surface area (TPSA) is 61.7 Å². The quantitative estimate of drug-likeness (QED) is 0.487. The van der Waals surface area contributed by atoms with E-state index in [1.54, 1.807) is 30.5 Å². The second kappa shape index (κ2) is 7.04. The summed E-state index contributed by atoms with van der Waals surface area (Å²) in [6, 6.07) is 14.4. The van der Waals surface area contributed by atoms with Gasteiger partial charge in [-0.1, -0.05) is 30.3 Å². The van der Waals surface area contributed by atoms with Crippen LogP contribution >= 0.6 is 22.6 Å². The van der Waals surface area contributed by atoms with E-state index in [2.05, 4.69) is 33.1 Å². The number of nitrogens with one attached hydrogen (secondary N) is 1. The second-order valence-corrected chi connectivity index (χ2v) is 5.32. The van der Waals surface area contributed by atoms with Crippen molar-refractivity contribution in [2.45, 2.75) is 6.42 Å². The van der Waals surface area contributed by atoms with Crippen molar-refractivity contribution in [2.24, 2.45) is 5.10 Å². The number of halogens is 1. The van der Waals surface area contributed by atoms with Crippen molar-refractivity contribution >= 4 is 34.7 Å².